The zero-order valence-corrected chi connectivity index (χ0v) is 9.89. The predicted molar refractivity (Wildman–Crippen MR) is 65.6 cm³/mol. The number of carboxylic acids is 1. The highest BCUT2D eigenvalue weighted by Crippen LogP contribution is 2.29. The maximum Gasteiger partial charge on any atom is 0.336 e. The first-order chi connectivity index (χ1) is 8.09. The quantitative estimate of drug-likeness (QED) is 0.834. The Morgan fingerprint density at radius 1 is 1.53 bits per heavy atom. The van der Waals surface area contributed by atoms with Crippen LogP contribution < -0.4 is 4.90 Å². The number of fused-ring (bicyclic) bond motifs is 1. The van der Waals surface area contributed by atoms with Gasteiger partial charge in [0.15, 0.2) is 0 Å². The zero-order chi connectivity index (χ0) is 12.4. The van der Waals surface area contributed by atoms with Crippen molar-refractivity contribution in [3.8, 4) is 0 Å². The molecule has 1 aromatic carbocycles. The van der Waals surface area contributed by atoms with Crippen molar-refractivity contribution in [2.75, 3.05) is 18.0 Å². The summed E-state index contributed by atoms with van der Waals surface area (Å²) in [6.07, 6.45) is 1.33. The Hall–Kier alpha value is -1.55. The number of nitrogens with zero attached hydrogens (tertiary/aromatic N) is 1. The van der Waals surface area contributed by atoms with Crippen molar-refractivity contribution in [2.24, 2.45) is 0 Å². The van der Waals surface area contributed by atoms with Gasteiger partial charge in [0.1, 0.15) is 0 Å². The molecule has 0 aliphatic carbocycles. The minimum atomic E-state index is -0.874. The van der Waals surface area contributed by atoms with Crippen LogP contribution in [0.3, 0.4) is 0 Å². The number of hydrogen-bond acceptors (Lipinski definition) is 3. The smallest absolute Gasteiger partial charge is 0.336 e. The number of rotatable bonds is 3. The van der Waals surface area contributed by atoms with E-state index >= 15 is 0 Å². The summed E-state index contributed by atoms with van der Waals surface area (Å²) in [5.41, 5.74) is 2.24. The Balaban J connectivity index is 2.38. The number of aliphatic hydroxyl groups excluding tert-OH is 1. The Bertz CT molecular complexity index is 429. The highest BCUT2D eigenvalue weighted by molar-refractivity contribution is 5.91. The Labute approximate surface area is 100 Å². The van der Waals surface area contributed by atoms with Crippen molar-refractivity contribution in [1.29, 1.82) is 0 Å². The second-order valence-electron chi connectivity index (χ2n) is 4.51. The van der Waals surface area contributed by atoms with E-state index in [1.54, 1.807) is 19.1 Å². The van der Waals surface area contributed by atoms with Crippen molar-refractivity contribution in [3.05, 3.63) is 29.3 Å². The summed E-state index contributed by atoms with van der Waals surface area (Å²) >= 11 is 0. The standard InChI is InChI=1S/C13H17NO3/c1-9(15)8-14-7-3-5-10-11(13(16)17)4-2-6-12(10)14/h2,4,6,9,15H,3,5,7-8H2,1H3,(H,16,17). The highest BCUT2D eigenvalue weighted by Gasteiger charge is 2.22. The average molecular weight is 235 g/mol. The fourth-order valence-electron chi connectivity index (χ4n) is 2.41. The highest BCUT2D eigenvalue weighted by atomic mass is 16.4. The van der Waals surface area contributed by atoms with Gasteiger partial charge in [-0.2, -0.15) is 0 Å². The molecular weight excluding hydrogens is 218 g/mol. The minimum Gasteiger partial charge on any atom is -0.478 e. The molecule has 4 nitrogen and oxygen atoms in total. The van der Waals surface area contributed by atoms with Gasteiger partial charge >= 0.3 is 5.97 Å². The van der Waals surface area contributed by atoms with Crippen LogP contribution in [-0.2, 0) is 6.42 Å². The molecule has 1 atom stereocenters. The van der Waals surface area contributed by atoms with Crippen molar-refractivity contribution in [1.82, 2.24) is 0 Å². The van der Waals surface area contributed by atoms with E-state index in [-0.39, 0.29) is 0 Å². The van der Waals surface area contributed by atoms with Gasteiger partial charge in [0.2, 0.25) is 0 Å². The monoisotopic (exact) mass is 235 g/mol. The van der Waals surface area contributed by atoms with E-state index in [1.165, 1.54) is 0 Å². The fourth-order valence-corrected chi connectivity index (χ4v) is 2.41. The molecule has 0 aromatic heterocycles. The lowest BCUT2D eigenvalue weighted by atomic mass is 9.96. The van der Waals surface area contributed by atoms with Crippen LogP contribution in [0.1, 0.15) is 29.3 Å². The molecule has 1 heterocycles. The van der Waals surface area contributed by atoms with Crippen LogP contribution in [0.25, 0.3) is 0 Å². The van der Waals surface area contributed by atoms with E-state index in [9.17, 15) is 9.90 Å². The molecule has 0 spiro atoms. The van der Waals surface area contributed by atoms with Crippen LogP contribution in [-0.4, -0.2) is 35.4 Å². The van der Waals surface area contributed by atoms with Crippen molar-refractivity contribution in [3.63, 3.8) is 0 Å². The van der Waals surface area contributed by atoms with Gasteiger partial charge in [-0.3, -0.25) is 0 Å². The van der Waals surface area contributed by atoms with E-state index in [0.717, 1.165) is 30.6 Å². The number of carbonyl (C=O) groups is 1. The zero-order valence-electron chi connectivity index (χ0n) is 9.89. The molecule has 17 heavy (non-hydrogen) atoms. The number of carboxylic acid groups (broad SMARTS) is 1. The lowest BCUT2D eigenvalue weighted by molar-refractivity contribution is 0.0695. The molecule has 0 amide bonds. The van der Waals surface area contributed by atoms with Gasteiger partial charge in [0.05, 0.1) is 11.7 Å². The summed E-state index contributed by atoms with van der Waals surface area (Å²) in [4.78, 5) is 13.2. The van der Waals surface area contributed by atoms with Crippen molar-refractivity contribution < 1.29 is 15.0 Å². The van der Waals surface area contributed by atoms with Gasteiger partial charge in [-0.25, -0.2) is 4.79 Å². The Morgan fingerprint density at radius 3 is 2.94 bits per heavy atom. The Morgan fingerprint density at radius 2 is 2.29 bits per heavy atom. The lowest BCUT2D eigenvalue weighted by Crippen LogP contribution is -2.35. The second-order valence-corrected chi connectivity index (χ2v) is 4.51. The summed E-state index contributed by atoms with van der Waals surface area (Å²) < 4.78 is 0. The van der Waals surface area contributed by atoms with Crippen LogP contribution in [0.15, 0.2) is 18.2 Å². The first-order valence-corrected chi connectivity index (χ1v) is 5.88. The van der Waals surface area contributed by atoms with Gasteiger partial charge in [0, 0.05) is 18.8 Å². The van der Waals surface area contributed by atoms with Crippen LogP contribution >= 0.6 is 0 Å². The third-order valence-electron chi connectivity index (χ3n) is 3.06. The van der Waals surface area contributed by atoms with Crippen LogP contribution in [0.5, 0.6) is 0 Å². The molecule has 1 aromatic rings. The Kier molecular flexibility index (Phi) is 3.33. The summed E-state index contributed by atoms with van der Waals surface area (Å²) in [6.45, 7) is 3.17. The van der Waals surface area contributed by atoms with Crippen LogP contribution in [0.4, 0.5) is 5.69 Å². The third kappa shape index (κ3) is 2.42. The average Bonchev–Trinajstić information content (AvgIpc) is 2.28. The van der Waals surface area contributed by atoms with Crippen molar-refractivity contribution >= 4 is 11.7 Å². The molecule has 1 aliphatic heterocycles. The van der Waals surface area contributed by atoms with Gasteiger partial charge in [0.25, 0.3) is 0 Å². The first kappa shape index (κ1) is 11.9. The number of benzene rings is 1. The van der Waals surface area contributed by atoms with E-state index in [2.05, 4.69) is 4.90 Å². The maximum absolute atomic E-state index is 11.1. The van der Waals surface area contributed by atoms with Gasteiger partial charge < -0.3 is 15.1 Å². The molecule has 2 rings (SSSR count). The first-order valence-electron chi connectivity index (χ1n) is 5.88. The largest absolute Gasteiger partial charge is 0.478 e. The van der Waals surface area contributed by atoms with E-state index in [4.69, 9.17) is 5.11 Å². The maximum atomic E-state index is 11.1. The molecule has 2 N–H and O–H groups in total. The van der Waals surface area contributed by atoms with Gasteiger partial charge in [-0.15, -0.1) is 0 Å². The molecule has 0 radical (unpaired) electrons. The van der Waals surface area contributed by atoms with Gasteiger partial charge in [-0.1, -0.05) is 6.07 Å². The molecule has 4 heteroatoms. The normalized spacial score (nSPS) is 16.5. The molecule has 0 saturated heterocycles. The minimum absolute atomic E-state index is 0.387. The molecular formula is C13H17NO3. The van der Waals surface area contributed by atoms with Crippen LogP contribution in [0.2, 0.25) is 0 Å². The second kappa shape index (κ2) is 4.75. The molecule has 1 unspecified atom stereocenters. The van der Waals surface area contributed by atoms with Gasteiger partial charge in [-0.05, 0) is 37.5 Å². The number of aromatic carboxylic acids is 1. The lowest BCUT2D eigenvalue weighted by Gasteiger charge is -2.32. The molecule has 0 fully saturated rings. The van der Waals surface area contributed by atoms with E-state index < -0.39 is 12.1 Å². The number of anilines is 1. The number of hydrogen-bond donors (Lipinski definition) is 2. The summed E-state index contributed by atoms with van der Waals surface area (Å²) in [5.74, 6) is -0.874. The summed E-state index contributed by atoms with van der Waals surface area (Å²) in [5, 5.41) is 18.6. The molecule has 1 aliphatic rings. The molecule has 92 valence electrons. The summed E-state index contributed by atoms with van der Waals surface area (Å²) in [6, 6.07) is 5.35. The van der Waals surface area contributed by atoms with E-state index in [0.29, 0.717) is 12.1 Å². The molecule has 0 saturated carbocycles. The topological polar surface area (TPSA) is 60.8 Å². The fraction of sp³-hybridized carbons (Fsp3) is 0.462. The van der Waals surface area contributed by atoms with Crippen LogP contribution in [0, 0.1) is 0 Å². The third-order valence-corrected chi connectivity index (χ3v) is 3.06. The predicted octanol–water partition coefficient (Wildman–Crippen LogP) is 1.52. The van der Waals surface area contributed by atoms with Crippen molar-refractivity contribution in [2.45, 2.75) is 25.9 Å². The van der Waals surface area contributed by atoms with E-state index in [1.807, 2.05) is 6.07 Å². The molecule has 0 bridgehead atoms. The number of aliphatic hydroxyl groups is 1. The summed E-state index contributed by atoms with van der Waals surface area (Å²) in [7, 11) is 0. The SMILES string of the molecule is CC(O)CN1CCCc2c(C(=O)O)cccc21. The number of β-amino-alcohol motifs (C(OH)–C–C–N with tert-alkyl or cyclic N) is 1.